The van der Waals surface area contributed by atoms with Crippen molar-refractivity contribution in [2.45, 2.75) is 25.7 Å². The molecule has 0 bridgehead atoms. The standard InChI is InChI=1S/C18H21Cl2N3O2.2ClH/c19-13-3-4-14(15(20)8-13)16-11-23-18(25-16)6-5-17(24)22-10-12-2-1-7-21-9-12;;/h3-4,8,11-12,21H,1-2,5-7,9-10H2,(H,22,24);2*1H. The molecule has 1 aromatic carbocycles. The van der Waals surface area contributed by atoms with Gasteiger partial charge in [-0.3, -0.25) is 4.79 Å². The Hall–Kier alpha value is -0.980. The molecule has 5 nitrogen and oxygen atoms in total. The van der Waals surface area contributed by atoms with Gasteiger partial charge in [-0.1, -0.05) is 23.2 Å². The second-order valence-electron chi connectivity index (χ2n) is 6.26. The minimum Gasteiger partial charge on any atom is -0.441 e. The van der Waals surface area contributed by atoms with E-state index in [0.29, 0.717) is 40.5 Å². The van der Waals surface area contributed by atoms with Gasteiger partial charge >= 0.3 is 0 Å². The number of nitrogens with one attached hydrogen (secondary N) is 2. The smallest absolute Gasteiger partial charge is 0.220 e. The van der Waals surface area contributed by atoms with E-state index < -0.39 is 0 Å². The molecule has 2 heterocycles. The van der Waals surface area contributed by atoms with Gasteiger partial charge < -0.3 is 15.1 Å². The fourth-order valence-corrected chi connectivity index (χ4v) is 3.41. The van der Waals surface area contributed by atoms with Crippen LogP contribution in [0.1, 0.15) is 25.2 Å². The van der Waals surface area contributed by atoms with Crippen LogP contribution in [0, 0.1) is 5.92 Å². The summed E-state index contributed by atoms with van der Waals surface area (Å²) in [5.41, 5.74) is 0.735. The SMILES string of the molecule is Cl.Cl.O=C(CCc1ncc(-c2ccc(Cl)cc2Cl)o1)NCC1CCCNC1. The van der Waals surface area contributed by atoms with Gasteiger partial charge in [0, 0.05) is 30.0 Å². The van der Waals surface area contributed by atoms with Crippen LogP contribution in [0.15, 0.2) is 28.8 Å². The molecule has 3 rings (SSSR count). The highest BCUT2D eigenvalue weighted by Crippen LogP contribution is 2.30. The maximum absolute atomic E-state index is 12.0. The molecule has 1 aliphatic heterocycles. The van der Waals surface area contributed by atoms with E-state index in [1.54, 1.807) is 24.4 Å². The zero-order valence-corrected chi connectivity index (χ0v) is 17.8. The molecule has 27 heavy (non-hydrogen) atoms. The van der Waals surface area contributed by atoms with Crippen molar-refractivity contribution in [2.75, 3.05) is 19.6 Å². The molecule has 0 saturated carbocycles. The number of halogens is 4. The monoisotopic (exact) mass is 453 g/mol. The van der Waals surface area contributed by atoms with Gasteiger partial charge in [0.15, 0.2) is 11.7 Å². The summed E-state index contributed by atoms with van der Waals surface area (Å²) in [5, 5.41) is 7.42. The van der Waals surface area contributed by atoms with Crippen LogP contribution in [0.4, 0.5) is 0 Å². The number of rotatable bonds is 6. The van der Waals surface area contributed by atoms with E-state index in [4.69, 9.17) is 27.6 Å². The first-order chi connectivity index (χ1) is 12.1. The Morgan fingerprint density at radius 2 is 2.15 bits per heavy atom. The van der Waals surface area contributed by atoms with E-state index >= 15 is 0 Å². The number of hydrogen-bond acceptors (Lipinski definition) is 4. The Labute approximate surface area is 181 Å². The van der Waals surface area contributed by atoms with Crippen molar-refractivity contribution in [3.8, 4) is 11.3 Å². The lowest BCUT2D eigenvalue weighted by Crippen LogP contribution is -2.38. The van der Waals surface area contributed by atoms with E-state index in [2.05, 4.69) is 15.6 Å². The van der Waals surface area contributed by atoms with Crippen molar-refractivity contribution < 1.29 is 9.21 Å². The van der Waals surface area contributed by atoms with E-state index in [9.17, 15) is 4.79 Å². The van der Waals surface area contributed by atoms with E-state index in [-0.39, 0.29) is 30.7 Å². The van der Waals surface area contributed by atoms with Gasteiger partial charge in [-0.15, -0.1) is 24.8 Å². The first kappa shape index (κ1) is 24.1. The molecule has 2 aromatic rings. The lowest BCUT2D eigenvalue weighted by molar-refractivity contribution is -0.121. The highest BCUT2D eigenvalue weighted by Gasteiger charge is 2.15. The quantitative estimate of drug-likeness (QED) is 0.672. The Kier molecular flexibility index (Phi) is 10.5. The molecule has 1 fully saturated rings. The van der Waals surface area contributed by atoms with Crippen LogP contribution >= 0.6 is 48.0 Å². The fourth-order valence-electron chi connectivity index (χ4n) is 2.90. The molecule has 1 amide bonds. The molecule has 1 atom stereocenters. The van der Waals surface area contributed by atoms with Gasteiger partial charge in [-0.05, 0) is 50.0 Å². The summed E-state index contributed by atoms with van der Waals surface area (Å²) < 4.78 is 5.71. The van der Waals surface area contributed by atoms with Crippen LogP contribution in [0.25, 0.3) is 11.3 Å². The number of carbonyl (C=O) groups excluding carboxylic acids is 1. The third kappa shape index (κ3) is 7.16. The second-order valence-corrected chi connectivity index (χ2v) is 7.10. The summed E-state index contributed by atoms with van der Waals surface area (Å²) in [6.07, 6.45) is 4.77. The maximum Gasteiger partial charge on any atom is 0.220 e. The first-order valence-corrected chi connectivity index (χ1v) is 9.25. The average molecular weight is 455 g/mol. The van der Waals surface area contributed by atoms with Crippen LogP contribution in [0.3, 0.4) is 0 Å². The van der Waals surface area contributed by atoms with E-state index in [0.717, 1.165) is 31.6 Å². The van der Waals surface area contributed by atoms with Crippen molar-refractivity contribution in [1.82, 2.24) is 15.6 Å². The molecule has 0 spiro atoms. The molecule has 150 valence electrons. The summed E-state index contributed by atoms with van der Waals surface area (Å²) in [6.45, 7) is 2.78. The largest absolute Gasteiger partial charge is 0.441 e. The average Bonchev–Trinajstić information content (AvgIpc) is 3.08. The third-order valence-electron chi connectivity index (χ3n) is 4.30. The third-order valence-corrected chi connectivity index (χ3v) is 4.85. The van der Waals surface area contributed by atoms with Crippen LogP contribution in [0.2, 0.25) is 10.0 Å². The number of amides is 1. The Balaban J connectivity index is 0.00000182. The summed E-state index contributed by atoms with van der Waals surface area (Å²) >= 11 is 12.1. The number of oxazole rings is 1. The van der Waals surface area contributed by atoms with Gasteiger partial charge in [-0.2, -0.15) is 0 Å². The molecule has 2 N–H and O–H groups in total. The Morgan fingerprint density at radius 3 is 2.85 bits per heavy atom. The molecule has 0 aliphatic carbocycles. The molecule has 1 saturated heterocycles. The van der Waals surface area contributed by atoms with Gasteiger partial charge in [0.1, 0.15) is 0 Å². The summed E-state index contributed by atoms with van der Waals surface area (Å²) in [7, 11) is 0. The van der Waals surface area contributed by atoms with Crippen LogP contribution in [0.5, 0.6) is 0 Å². The maximum atomic E-state index is 12.0. The highest BCUT2D eigenvalue weighted by atomic mass is 35.5. The number of benzene rings is 1. The first-order valence-electron chi connectivity index (χ1n) is 8.49. The molecule has 9 heteroatoms. The van der Waals surface area contributed by atoms with Crippen LogP contribution in [-0.2, 0) is 11.2 Å². The molecular weight excluding hydrogens is 432 g/mol. The number of aromatic nitrogens is 1. The van der Waals surface area contributed by atoms with Crippen molar-refractivity contribution >= 4 is 53.9 Å². The zero-order chi connectivity index (χ0) is 17.6. The second kappa shape index (κ2) is 11.8. The van der Waals surface area contributed by atoms with Crippen LogP contribution in [-0.4, -0.2) is 30.5 Å². The van der Waals surface area contributed by atoms with Gasteiger partial charge in [-0.25, -0.2) is 4.98 Å². The molecular formula is C18H23Cl4N3O2. The fraction of sp³-hybridized carbons (Fsp3) is 0.444. The van der Waals surface area contributed by atoms with Crippen molar-refractivity contribution in [3.63, 3.8) is 0 Å². The minimum atomic E-state index is 0. The zero-order valence-electron chi connectivity index (χ0n) is 14.7. The number of piperidine rings is 1. The predicted octanol–water partition coefficient (Wildman–Crippen LogP) is 4.54. The lowest BCUT2D eigenvalue weighted by Gasteiger charge is -2.22. The number of carbonyl (C=O) groups is 1. The lowest BCUT2D eigenvalue weighted by atomic mass is 10.00. The minimum absolute atomic E-state index is 0. The Bertz CT molecular complexity index is 733. The number of aryl methyl sites for hydroxylation is 1. The molecule has 1 aromatic heterocycles. The van der Waals surface area contributed by atoms with Crippen molar-refractivity contribution in [3.05, 3.63) is 40.3 Å². The summed E-state index contributed by atoms with van der Waals surface area (Å²) in [6, 6.07) is 5.20. The van der Waals surface area contributed by atoms with Gasteiger partial charge in [0.05, 0.1) is 11.2 Å². The predicted molar refractivity (Wildman–Crippen MR) is 113 cm³/mol. The van der Waals surface area contributed by atoms with Crippen molar-refractivity contribution in [2.24, 2.45) is 5.92 Å². The van der Waals surface area contributed by atoms with Gasteiger partial charge in [0.25, 0.3) is 0 Å². The highest BCUT2D eigenvalue weighted by molar-refractivity contribution is 6.36. The Morgan fingerprint density at radius 1 is 1.33 bits per heavy atom. The van der Waals surface area contributed by atoms with E-state index in [1.165, 1.54) is 6.42 Å². The summed E-state index contributed by atoms with van der Waals surface area (Å²) in [5.74, 6) is 1.65. The number of nitrogens with zero attached hydrogens (tertiary/aromatic N) is 1. The molecule has 0 radical (unpaired) electrons. The van der Waals surface area contributed by atoms with E-state index in [1.807, 2.05) is 0 Å². The van der Waals surface area contributed by atoms with Crippen LogP contribution < -0.4 is 10.6 Å². The van der Waals surface area contributed by atoms with Crippen molar-refractivity contribution in [1.29, 1.82) is 0 Å². The topological polar surface area (TPSA) is 67.2 Å². The summed E-state index contributed by atoms with van der Waals surface area (Å²) in [4.78, 5) is 16.2. The number of hydrogen-bond donors (Lipinski definition) is 2. The molecule has 1 aliphatic rings. The van der Waals surface area contributed by atoms with Gasteiger partial charge in [0.2, 0.25) is 5.91 Å². The molecule has 1 unspecified atom stereocenters. The normalized spacial score (nSPS) is 16.1.